The number of ether oxygens (including phenoxy) is 2. The standard InChI is InChI=1S/C11H11NO3/c1-14-10-4-8(6-11(13)15-2)3-9(5-10)7-12/h3-5H,6H2,1-2H3. The Morgan fingerprint density at radius 1 is 1.40 bits per heavy atom. The van der Waals surface area contributed by atoms with Crippen LogP contribution in [-0.2, 0) is 16.0 Å². The van der Waals surface area contributed by atoms with Crippen LogP contribution >= 0.6 is 0 Å². The van der Waals surface area contributed by atoms with Crippen molar-refractivity contribution in [1.29, 1.82) is 5.26 Å². The first-order chi connectivity index (χ1) is 7.19. The van der Waals surface area contributed by atoms with E-state index in [4.69, 9.17) is 10.00 Å². The molecule has 0 fully saturated rings. The molecular weight excluding hydrogens is 194 g/mol. The summed E-state index contributed by atoms with van der Waals surface area (Å²) in [5.74, 6) is 0.222. The van der Waals surface area contributed by atoms with Crippen molar-refractivity contribution >= 4 is 5.97 Å². The van der Waals surface area contributed by atoms with Gasteiger partial charge in [-0.15, -0.1) is 0 Å². The highest BCUT2D eigenvalue weighted by molar-refractivity contribution is 5.72. The Hall–Kier alpha value is -2.02. The molecule has 4 heteroatoms. The van der Waals surface area contributed by atoms with Gasteiger partial charge >= 0.3 is 5.97 Å². The van der Waals surface area contributed by atoms with Crippen LogP contribution in [0.2, 0.25) is 0 Å². The molecule has 1 aromatic rings. The molecule has 0 unspecified atom stereocenters. The van der Waals surface area contributed by atoms with Crippen LogP contribution in [0.1, 0.15) is 11.1 Å². The maximum atomic E-state index is 11.0. The number of carbonyl (C=O) groups excluding carboxylic acids is 1. The van der Waals surface area contributed by atoms with E-state index in [1.165, 1.54) is 14.2 Å². The van der Waals surface area contributed by atoms with Gasteiger partial charge < -0.3 is 9.47 Å². The van der Waals surface area contributed by atoms with E-state index in [-0.39, 0.29) is 12.4 Å². The van der Waals surface area contributed by atoms with Gasteiger partial charge in [0.1, 0.15) is 5.75 Å². The Bertz CT molecular complexity index is 407. The first-order valence-electron chi connectivity index (χ1n) is 4.34. The zero-order valence-corrected chi connectivity index (χ0v) is 8.61. The molecule has 78 valence electrons. The number of hydrogen-bond donors (Lipinski definition) is 0. The summed E-state index contributed by atoms with van der Waals surface area (Å²) in [5.41, 5.74) is 1.17. The van der Waals surface area contributed by atoms with Crippen LogP contribution in [0, 0.1) is 11.3 Å². The van der Waals surface area contributed by atoms with Crippen LogP contribution < -0.4 is 4.74 Å². The van der Waals surface area contributed by atoms with E-state index in [2.05, 4.69) is 4.74 Å². The minimum Gasteiger partial charge on any atom is -0.497 e. The minimum atomic E-state index is -0.341. The van der Waals surface area contributed by atoms with E-state index in [1.54, 1.807) is 18.2 Å². The Kier molecular flexibility index (Phi) is 3.69. The van der Waals surface area contributed by atoms with Gasteiger partial charge in [0.2, 0.25) is 0 Å². The van der Waals surface area contributed by atoms with Gasteiger partial charge in [0.25, 0.3) is 0 Å². The van der Waals surface area contributed by atoms with Crippen LogP contribution in [-0.4, -0.2) is 20.2 Å². The summed E-state index contributed by atoms with van der Waals surface area (Å²) < 4.78 is 9.55. The normalized spacial score (nSPS) is 9.13. The molecule has 0 radical (unpaired) electrons. The molecular formula is C11H11NO3. The van der Waals surface area contributed by atoms with Crippen molar-refractivity contribution in [2.75, 3.05) is 14.2 Å². The molecule has 1 rings (SSSR count). The van der Waals surface area contributed by atoms with Gasteiger partial charge in [0.05, 0.1) is 32.3 Å². The van der Waals surface area contributed by atoms with E-state index in [9.17, 15) is 4.79 Å². The molecule has 0 aromatic heterocycles. The second-order valence-electron chi connectivity index (χ2n) is 2.93. The maximum absolute atomic E-state index is 11.0. The van der Waals surface area contributed by atoms with E-state index in [0.29, 0.717) is 16.9 Å². The molecule has 0 spiro atoms. The van der Waals surface area contributed by atoms with Crippen LogP contribution in [0.3, 0.4) is 0 Å². The maximum Gasteiger partial charge on any atom is 0.309 e. The fraction of sp³-hybridized carbons (Fsp3) is 0.273. The predicted molar refractivity (Wildman–Crippen MR) is 53.4 cm³/mol. The second kappa shape index (κ2) is 5.01. The molecule has 0 aliphatic rings. The van der Waals surface area contributed by atoms with Crippen LogP contribution in [0.4, 0.5) is 0 Å². The van der Waals surface area contributed by atoms with Crippen LogP contribution in [0.15, 0.2) is 18.2 Å². The van der Waals surface area contributed by atoms with Crippen molar-refractivity contribution in [3.05, 3.63) is 29.3 Å². The fourth-order valence-corrected chi connectivity index (χ4v) is 1.18. The smallest absolute Gasteiger partial charge is 0.309 e. The Labute approximate surface area is 88.0 Å². The Morgan fingerprint density at radius 2 is 2.13 bits per heavy atom. The third kappa shape index (κ3) is 2.99. The number of nitrogens with zero attached hydrogens (tertiary/aromatic N) is 1. The molecule has 1 aromatic carbocycles. The molecule has 0 atom stereocenters. The van der Waals surface area contributed by atoms with Gasteiger partial charge in [-0.1, -0.05) is 0 Å². The molecule has 0 bridgehead atoms. The first kappa shape index (κ1) is 11.1. The van der Waals surface area contributed by atoms with Crippen LogP contribution in [0.25, 0.3) is 0 Å². The SMILES string of the molecule is COC(=O)Cc1cc(C#N)cc(OC)c1. The third-order valence-corrected chi connectivity index (χ3v) is 1.91. The lowest BCUT2D eigenvalue weighted by Gasteiger charge is -2.04. The number of benzene rings is 1. The quantitative estimate of drug-likeness (QED) is 0.697. The van der Waals surface area contributed by atoms with Crippen molar-refractivity contribution in [3.63, 3.8) is 0 Å². The van der Waals surface area contributed by atoms with Gasteiger partial charge in [-0.25, -0.2) is 0 Å². The second-order valence-corrected chi connectivity index (χ2v) is 2.93. The highest BCUT2D eigenvalue weighted by Gasteiger charge is 2.06. The summed E-state index contributed by atoms with van der Waals surface area (Å²) in [6, 6.07) is 6.96. The van der Waals surface area contributed by atoms with Crippen molar-refractivity contribution in [2.45, 2.75) is 6.42 Å². The number of nitriles is 1. The number of esters is 1. The number of rotatable bonds is 3. The average molecular weight is 205 g/mol. The summed E-state index contributed by atoms with van der Waals surface area (Å²) >= 11 is 0. The first-order valence-corrected chi connectivity index (χ1v) is 4.34. The zero-order chi connectivity index (χ0) is 11.3. The van der Waals surface area contributed by atoms with E-state index >= 15 is 0 Å². The molecule has 4 nitrogen and oxygen atoms in total. The Balaban J connectivity index is 2.98. The monoisotopic (exact) mass is 205 g/mol. The average Bonchev–Trinajstić information content (AvgIpc) is 2.28. The number of carbonyl (C=O) groups is 1. The van der Waals surface area contributed by atoms with Crippen molar-refractivity contribution in [2.24, 2.45) is 0 Å². The molecule has 0 heterocycles. The summed E-state index contributed by atoms with van der Waals surface area (Å²) in [6.07, 6.45) is 0.141. The van der Waals surface area contributed by atoms with Gasteiger partial charge in [0, 0.05) is 0 Å². The lowest BCUT2D eigenvalue weighted by atomic mass is 10.1. The van der Waals surface area contributed by atoms with E-state index < -0.39 is 0 Å². The third-order valence-electron chi connectivity index (χ3n) is 1.91. The topological polar surface area (TPSA) is 59.3 Å². The molecule has 0 saturated carbocycles. The summed E-state index contributed by atoms with van der Waals surface area (Å²) in [7, 11) is 2.84. The molecule has 0 aliphatic heterocycles. The Morgan fingerprint density at radius 3 is 2.67 bits per heavy atom. The summed E-state index contributed by atoms with van der Waals surface area (Å²) in [5, 5.41) is 8.75. The highest BCUT2D eigenvalue weighted by atomic mass is 16.5. The van der Waals surface area contributed by atoms with Gasteiger partial charge in [0.15, 0.2) is 0 Å². The van der Waals surface area contributed by atoms with E-state index in [1.807, 2.05) is 6.07 Å². The molecule has 0 saturated heterocycles. The molecule has 0 amide bonds. The van der Waals surface area contributed by atoms with Gasteiger partial charge in [-0.05, 0) is 23.8 Å². The highest BCUT2D eigenvalue weighted by Crippen LogP contribution is 2.17. The largest absolute Gasteiger partial charge is 0.497 e. The minimum absolute atomic E-state index is 0.141. The lowest BCUT2D eigenvalue weighted by molar-refractivity contribution is -0.139. The molecule has 15 heavy (non-hydrogen) atoms. The predicted octanol–water partition coefficient (Wildman–Crippen LogP) is 1.28. The van der Waals surface area contributed by atoms with Crippen molar-refractivity contribution in [3.8, 4) is 11.8 Å². The van der Waals surface area contributed by atoms with Gasteiger partial charge in [-0.2, -0.15) is 5.26 Å². The number of methoxy groups -OCH3 is 2. The van der Waals surface area contributed by atoms with E-state index in [0.717, 1.165) is 0 Å². The van der Waals surface area contributed by atoms with Crippen molar-refractivity contribution < 1.29 is 14.3 Å². The summed E-state index contributed by atoms with van der Waals surface area (Å²) in [6.45, 7) is 0. The number of hydrogen-bond acceptors (Lipinski definition) is 4. The van der Waals surface area contributed by atoms with Gasteiger partial charge in [-0.3, -0.25) is 4.79 Å². The lowest BCUT2D eigenvalue weighted by Crippen LogP contribution is -2.04. The molecule has 0 N–H and O–H groups in total. The molecule has 0 aliphatic carbocycles. The zero-order valence-electron chi connectivity index (χ0n) is 8.61. The summed E-state index contributed by atoms with van der Waals surface area (Å²) in [4.78, 5) is 11.0. The van der Waals surface area contributed by atoms with Crippen LogP contribution in [0.5, 0.6) is 5.75 Å². The fourth-order valence-electron chi connectivity index (χ4n) is 1.18. The van der Waals surface area contributed by atoms with Crippen molar-refractivity contribution in [1.82, 2.24) is 0 Å².